The van der Waals surface area contributed by atoms with Gasteiger partial charge in [0.15, 0.2) is 5.82 Å². The van der Waals surface area contributed by atoms with E-state index in [1.54, 1.807) is 6.07 Å². The van der Waals surface area contributed by atoms with Crippen LogP contribution in [0.2, 0.25) is 0 Å². The lowest BCUT2D eigenvalue weighted by atomic mass is 10.0. The molecule has 7 nitrogen and oxygen atoms in total. The van der Waals surface area contributed by atoms with Crippen LogP contribution in [0.25, 0.3) is 0 Å². The second kappa shape index (κ2) is 7.42. The second-order valence-corrected chi connectivity index (χ2v) is 7.31. The summed E-state index contributed by atoms with van der Waals surface area (Å²) in [5.41, 5.74) is 0. The Bertz CT molecular complexity index is 670. The van der Waals surface area contributed by atoms with Crippen molar-refractivity contribution in [3.05, 3.63) is 34.1 Å². The third-order valence-electron chi connectivity index (χ3n) is 4.23. The maximum atomic E-state index is 12.3. The largest absolute Gasteiger partial charge is 0.339 e. The molecule has 24 heavy (non-hydrogen) atoms. The molecule has 0 spiro atoms. The van der Waals surface area contributed by atoms with E-state index in [2.05, 4.69) is 32.7 Å². The normalized spacial score (nSPS) is 20.2. The van der Waals surface area contributed by atoms with Gasteiger partial charge in [-0.2, -0.15) is 4.98 Å². The van der Waals surface area contributed by atoms with Crippen molar-refractivity contribution in [1.29, 1.82) is 0 Å². The Morgan fingerprint density at radius 1 is 1.54 bits per heavy atom. The highest BCUT2D eigenvalue weighted by molar-refractivity contribution is 7.12. The van der Waals surface area contributed by atoms with Crippen LogP contribution >= 0.6 is 11.3 Å². The Balaban J connectivity index is 1.76. The van der Waals surface area contributed by atoms with E-state index in [-0.39, 0.29) is 23.9 Å². The van der Waals surface area contributed by atoms with Crippen molar-refractivity contribution in [2.45, 2.75) is 25.9 Å². The van der Waals surface area contributed by atoms with Gasteiger partial charge in [-0.3, -0.25) is 9.69 Å². The average molecular weight is 349 g/mol. The van der Waals surface area contributed by atoms with Gasteiger partial charge in [0.1, 0.15) is 6.04 Å². The van der Waals surface area contributed by atoms with E-state index in [9.17, 15) is 4.79 Å². The number of hydrogen-bond acceptors (Lipinski definition) is 7. The lowest BCUT2D eigenvalue weighted by Crippen LogP contribution is -2.44. The first kappa shape index (κ1) is 17.1. The molecule has 2 unspecified atom stereocenters. The summed E-state index contributed by atoms with van der Waals surface area (Å²) in [7, 11) is 2.06. The average Bonchev–Trinajstić information content (AvgIpc) is 3.24. The number of thiophene rings is 1. The monoisotopic (exact) mass is 349 g/mol. The summed E-state index contributed by atoms with van der Waals surface area (Å²) in [4.78, 5) is 19.8. The quantitative estimate of drug-likeness (QED) is 0.857. The molecule has 3 heterocycles. The van der Waals surface area contributed by atoms with Crippen LogP contribution in [0.5, 0.6) is 0 Å². The van der Waals surface area contributed by atoms with Crippen LogP contribution in [0.15, 0.2) is 22.0 Å². The summed E-state index contributed by atoms with van der Waals surface area (Å²) < 4.78 is 5.48. The second-order valence-electron chi connectivity index (χ2n) is 6.36. The van der Waals surface area contributed by atoms with Crippen LogP contribution in [-0.2, 0) is 0 Å². The molecule has 1 aliphatic heterocycles. The molecule has 0 aliphatic carbocycles. The zero-order valence-corrected chi connectivity index (χ0v) is 15.0. The molecule has 1 amide bonds. The predicted octanol–water partition coefficient (Wildman–Crippen LogP) is 1.83. The molecule has 8 heteroatoms. The Hall–Kier alpha value is -1.77. The van der Waals surface area contributed by atoms with Crippen molar-refractivity contribution in [2.24, 2.45) is 5.92 Å². The van der Waals surface area contributed by atoms with Crippen molar-refractivity contribution >= 4 is 17.2 Å². The van der Waals surface area contributed by atoms with E-state index in [1.807, 2.05) is 25.3 Å². The molecule has 2 atom stereocenters. The van der Waals surface area contributed by atoms with Gasteiger partial charge in [-0.1, -0.05) is 25.1 Å². The van der Waals surface area contributed by atoms with Crippen LogP contribution in [-0.4, -0.2) is 47.6 Å². The molecule has 2 N–H and O–H groups in total. The summed E-state index contributed by atoms with van der Waals surface area (Å²) >= 11 is 1.41. The van der Waals surface area contributed by atoms with Crippen LogP contribution in [0.1, 0.15) is 47.3 Å². The van der Waals surface area contributed by atoms with Gasteiger partial charge in [-0.05, 0) is 24.4 Å². The molecule has 2 aromatic heterocycles. The molecule has 1 saturated heterocycles. The number of piperazine rings is 1. The van der Waals surface area contributed by atoms with E-state index in [4.69, 9.17) is 4.52 Å². The zero-order valence-electron chi connectivity index (χ0n) is 14.2. The molecule has 0 radical (unpaired) electrons. The Labute approximate surface area is 145 Å². The molecule has 2 aromatic rings. The highest BCUT2D eigenvalue weighted by atomic mass is 32.1. The van der Waals surface area contributed by atoms with Gasteiger partial charge in [0, 0.05) is 19.6 Å². The maximum Gasteiger partial charge on any atom is 0.262 e. The predicted molar refractivity (Wildman–Crippen MR) is 91.9 cm³/mol. The molecule has 0 saturated carbocycles. The summed E-state index contributed by atoms with van der Waals surface area (Å²) in [6.07, 6.45) is 0. The van der Waals surface area contributed by atoms with Crippen LogP contribution < -0.4 is 10.6 Å². The fraction of sp³-hybridized carbons (Fsp3) is 0.562. The standard InChI is InChI=1S/C16H23N5O2S/c1-10(2)13(18-15(22)12-5-4-8-24-12)16-19-14(20-23-16)11-9-17-6-7-21(11)3/h4-5,8,10-11,13,17H,6-7,9H2,1-3H3,(H,18,22). The summed E-state index contributed by atoms with van der Waals surface area (Å²) in [5.74, 6) is 1.16. The SMILES string of the molecule is CC(C)C(NC(=O)c1cccs1)c1nc(C2CNCCN2C)no1. The summed E-state index contributed by atoms with van der Waals surface area (Å²) in [5, 5.41) is 12.4. The van der Waals surface area contributed by atoms with Crippen LogP contribution in [0, 0.1) is 5.92 Å². The highest BCUT2D eigenvalue weighted by Gasteiger charge is 2.29. The number of likely N-dealkylation sites (N-methyl/N-ethyl adjacent to an activating group) is 1. The molecule has 0 aromatic carbocycles. The number of nitrogens with one attached hydrogen (secondary N) is 2. The third-order valence-corrected chi connectivity index (χ3v) is 5.10. The number of carbonyl (C=O) groups excluding carboxylic acids is 1. The molecule has 3 rings (SSSR count). The van der Waals surface area contributed by atoms with Crippen LogP contribution in [0.3, 0.4) is 0 Å². The van der Waals surface area contributed by atoms with Gasteiger partial charge >= 0.3 is 0 Å². The molecule has 1 aliphatic rings. The Morgan fingerprint density at radius 3 is 3.04 bits per heavy atom. The van der Waals surface area contributed by atoms with Crippen LogP contribution in [0.4, 0.5) is 0 Å². The van der Waals surface area contributed by atoms with Gasteiger partial charge < -0.3 is 15.2 Å². The summed E-state index contributed by atoms with van der Waals surface area (Å²) in [6.45, 7) is 6.75. The number of amides is 1. The van der Waals surface area contributed by atoms with Gasteiger partial charge in [0.2, 0.25) is 5.89 Å². The molecule has 1 fully saturated rings. The summed E-state index contributed by atoms with van der Waals surface area (Å²) in [6, 6.07) is 3.46. The lowest BCUT2D eigenvalue weighted by molar-refractivity contribution is 0.0918. The molecule has 0 bridgehead atoms. The van der Waals surface area contributed by atoms with Gasteiger partial charge in [0.05, 0.1) is 10.9 Å². The molecular formula is C16H23N5O2S. The Morgan fingerprint density at radius 2 is 2.38 bits per heavy atom. The number of rotatable bonds is 5. The van der Waals surface area contributed by atoms with Crippen molar-refractivity contribution in [3.63, 3.8) is 0 Å². The van der Waals surface area contributed by atoms with E-state index in [0.29, 0.717) is 16.6 Å². The van der Waals surface area contributed by atoms with Gasteiger partial charge in [-0.25, -0.2) is 0 Å². The highest BCUT2D eigenvalue weighted by Crippen LogP contribution is 2.24. The smallest absolute Gasteiger partial charge is 0.262 e. The van der Waals surface area contributed by atoms with E-state index in [1.165, 1.54) is 11.3 Å². The third kappa shape index (κ3) is 3.66. The maximum absolute atomic E-state index is 12.3. The minimum Gasteiger partial charge on any atom is -0.339 e. The number of hydrogen-bond donors (Lipinski definition) is 2. The Kier molecular flexibility index (Phi) is 5.27. The number of carbonyl (C=O) groups is 1. The first-order valence-corrected chi connectivity index (χ1v) is 9.03. The van der Waals surface area contributed by atoms with Crippen molar-refractivity contribution in [3.8, 4) is 0 Å². The zero-order chi connectivity index (χ0) is 17.1. The van der Waals surface area contributed by atoms with Crippen molar-refractivity contribution < 1.29 is 9.32 Å². The number of aromatic nitrogens is 2. The first-order chi connectivity index (χ1) is 11.6. The van der Waals surface area contributed by atoms with Crippen molar-refractivity contribution in [2.75, 3.05) is 26.7 Å². The topological polar surface area (TPSA) is 83.3 Å². The van der Waals surface area contributed by atoms with Gasteiger partial charge in [-0.15, -0.1) is 11.3 Å². The van der Waals surface area contributed by atoms with E-state index < -0.39 is 0 Å². The minimum absolute atomic E-state index is 0.0945. The minimum atomic E-state index is -0.303. The number of nitrogens with zero attached hydrogens (tertiary/aromatic N) is 3. The van der Waals surface area contributed by atoms with E-state index in [0.717, 1.165) is 19.6 Å². The fourth-order valence-corrected chi connectivity index (χ4v) is 3.36. The fourth-order valence-electron chi connectivity index (χ4n) is 2.74. The van der Waals surface area contributed by atoms with Gasteiger partial charge in [0.25, 0.3) is 5.91 Å². The lowest BCUT2D eigenvalue weighted by Gasteiger charge is -2.30. The molecular weight excluding hydrogens is 326 g/mol. The first-order valence-electron chi connectivity index (χ1n) is 8.15. The van der Waals surface area contributed by atoms with Crippen molar-refractivity contribution in [1.82, 2.24) is 25.7 Å². The van der Waals surface area contributed by atoms with E-state index >= 15 is 0 Å². The molecule has 130 valence electrons.